The lowest BCUT2D eigenvalue weighted by molar-refractivity contribution is -0.137. The van der Waals surface area contributed by atoms with Gasteiger partial charge in [0.1, 0.15) is 0 Å². The number of imidazole rings is 1. The molecule has 0 saturated heterocycles. The fourth-order valence-corrected chi connectivity index (χ4v) is 3.48. The van der Waals surface area contributed by atoms with Crippen LogP contribution < -0.4 is 10.7 Å². The Morgan fingerprint density at radius 1 is 1.28 bits per heavy atom. The molecule has 0 saturated carbocycles. The summed E-state index contributed by atoms with van der Waals surface area (Å²) < 4.78 is 38.0. The van der Waals surface area contributed by atoms with Gasteiger partial charge in [0, 0.05) is 5.92 Å². The molecule has 0 bridgehead atoms. The number of aromatic nitrogens is 2. The molecule has 2 aromatic rings. The van der Waals surface area contributed by atoms with E-state index in [1.54, 1.807) is 12.2 Å². The van der Waals surface area contributed by atoms with E-state index in [0.717, 1.165) is 23.9 Å². The number of nitrogens with one attached hydrogen (secondary N) is 1. The van der Waals surface area contributed by atoms with Gasteiger partial charge in [-0.2, -0.15) is 13.2 Å². The fraction of sp³-hybridized carbons (Fsp3) is 0.250. The Labute approximate surface area is 149 Å². The summed E-state index contributed by atoms with van der Waals surface area (Å²) in [5.41, 5.74) is -0.0624. The normalized spacial score (nSPS) is 19.7. The number of nitrogens with zero attached hydrogens (tertiary/aromatic N) is 1. The monoisotopic (exact) mass is 388 g/mol. The minimum atomic E-state index is -4.38. The number of H-pyrrole nitrogens is 1. The van der Waals surface area contributed by atoms with Crippen LogP contribution >= 0.6 is 23.4 Å². The van der Waals surface area contributed by atoms with Crippen molar-refractivity contribution < 1.29 is 23.1 Å². The lowest BCUT2D eigenvalue weighted by Crippen LogP contribution is -2.32. The summed E-state index contributed by atoms with van der Waals surface area (Å²) in [4.78, 5) is 17.9. The van der Waals surface area contributed by atoms with E-state index in [1.165, 1.54) is 12.1 Å². The number of hydrogen-bond donors (Lipinski definition) is 2. The van der Waals surface area contributed by atoms with Gasteiger partial charge in [-0.05, 0) is 29.8 Å². The minimum absolute atomic E-state index is 0.126. The predicted octanol–water partition coefficient (Wildman–Crippen LogP) is 2.57. The molecule has 2 N–H and O–H groups in total. The molecule has 0 amide bonds. The van der Waals surface area contributed by atoms with Crippen LogP contribution in [0.5, 0.6) is 0 Å². The Bertz CT molecular complexity index is 909. The molecule has 0 spiro atoms. The van der Waals surface area contributed by atoms with E-state index in [2.05, 4.69) is 9.97 Å². The van der Waals surface area contributed by atoms with E-state index >= 15 is 0 Å². The number of halogens is 4. The van der Waals surface area contributed by atoms with E-state index in [-0.39, 0.29) is 11.7 Å². The van der Waals surface area contributed by atoms with Crippen molar-refractivity contribution >= 4 is 41.5 Å². The van der Waals surface area contributed by atoms with Gasteiger partial charge in [-0.25, -0.2) is 4.98 Å². The lowest BCUT2D eigenvalue weighted by Gasteiger charge is -2.19. The van der Waals surface area contributed by atoms with Crippen LogP contribution in [0.4, 0.5) is 13.2 Å². The van der Waals surface area contributed by atoms with Gasteiger partial charge in [-0.15, -0.1) is 11.6 Å². The number of aromatic amines is 1. The van der Waals surface area contributed by atoms with E-state index in [0.29, 0.717) is 21.4 Å². The maximum absolute atomic E-state index is 12.7. The first kappa shape index (κ1) is 17.9. The van der Waals surface area contributed by atoms with Crippen LogP contribution in [0.15, 0.2) is 29.4 Å². The molecule has 0 fully saturated rings. The molecule has 2 atom stereocenters. The summed E-state index contributed by atoms with van der Waals surface area (Å²) in [5.74, 6) is -1.40. The Balaban J connectivity index is 1.89. The van der Waals surface area contributed by atoms with Gasteiger partial charge in [0.05, 0.1) is 27.4 Å². The molecule has 0 aliphatic heterocycles. The van der Waals surface area contributed by atoms with E-state index in [1.807, 2.05) is 0 Å². The highest BCUT2D eigenvalue weighted by Gasteiger charge is 2.30. The maximum Gasteiger partial charge on any atom is 0.416 e. The van der Waals surface area contributed by atoms with Crippen molar-refractivity contribution in [2.24, 2.45) is 0 Å². The number of hydrogen-bond acceptors (Lipinski definition) is 3. The number of carbonyl (C=O) groups is 1. The molecular formula is C16H12ClF3N2O2S. The second-order valence-electron chi connectivity index (χ2n) is 5.45. The van der Waals surface area contributed by atoms with Crippen LogP contribution in [-0.4, -0.2) is 32.2 Å². The van der Waals surface area contributed by atoms with Gasteiger partial charge in [-0.3, -0.25) is 4.79 Å². The number of thioether (sulfide) groups is 1. The highest BCUT2D eigenvalue weighted by atomic mass is 35.5. The van der Waals surface area contributed by atoms with E-state index < -0.39 is 23.1 Å². The van der Waals surface area contributed by atoms with Gasteiger partial charge in [0.15, 0.2) is 5.16 Å². The highest BCUT2D eigenvalue weighted by Crippen LogP contribution is 2.32. The summed E-state index contributed by atoms with van der Waals surface area (Å²) in [5, 5.41) is 9.99. The van der Waals surface area contributed by atoms with Gasteiger partial charge < -0.3 is 10.1 Å². The third-order valence-electron chi connectivity index (χ3n) is 3.70. The third kappa shape index (κ3) is 4.01. The molecule has 1 aliphatic rings. The topological polar surface area (TPSA) is 66.0 Å². The van der Waals surface area contributed by atoms with Crippen molar-refractivity contribution in [2.45, 2.75) is 22.6 Å². The van der Waals surface area contributed by atoms with Crippen LogP contribution in [-0.2, 0) is 11.0 Å². The zero-order chi connectivity index (χ0) is 18.2. The first-order valence-corrected chi connectivity index (χ1v) is 8.62. The zero-order valence-corrected chi connectivity index (χ0v) is 14.1. The third-order valence-corrected chi connectivity index (χ3v) is 4.96. The average Bonchev–Trinajstić information content (AvgIpc) is 2.93. The van der Waals surface area contributed by atoms with Gasteiger partial charge in [0.25, 0.3) is 0 Å². The average molecular weight is 389 g/mol. The van der Waals surface area contributed by atoms with Crippen molar-refractivity contribution in [3.63, 3.8) is 0 Å². The second-order valence-corrected chi connectivity index (χ2v) is 6.91. The first-order valence-electron chi connectivity index (χ1n) is 7.19. The molecule has 9 heteroatoms. The van der Waals surface area contributed by atoms with Crippen molar-refractivity contribution in [1.82, 2.24) is 9.97 Å². The van der Waals surface area contributed by atoms with E-state index in [4.69, 9.17) is 16.7 Å². The Morgan fingerprint density at radius 2 is 1.96 bits per heavy atom. The largest absolute Gasteiger partial charge is 0.481 e. The predicted molar refractivity (Wildman–Crippen MR) is 89.0 cm³/mol. The van der Waals surface area contributed by atoms with Crippen LogP contribution in [0.3, 0.4) is 0 Å². The first-order chi connectivity index (χ1) is 11.7. The number of rotatable bonds is 4. The number of carboxylic acid groups (broad SMARTS) is 1. The number of carboxylic acids is 1. The zero-order valence-electron chi connectivity index (χ0n) is 12.5. The summed E-state index contributed by atoms with van der Waals surface area (Å²) in [6.45, 7) is 0. The summed E-state index contributed by atoms with van der Waals surface area (Å²) in [7, 11) is 0. The number of fused-ring (bicyclic) bond motifs is 1. The molecule has 1 aromatic carbocycles. The molecule has 132 valence electrons. The maximum atomic E-state index is 12.7. The summed E-state index contributed by atoms with van der Waals surface area (Å²) in [6.07, 6.45) is -0.874. The van der Waals surface area contributed by atoms with E-state index in [9.17, 15) is 18.0 Å². The van der Waals surface area contributed by atoms with Crippen molar-refractivity contribution in [1.29, 1.82) is 0 Å². The van der Waals surface area contributed by atoms with Crippen LogP contribution in [0.2, 0.25) is 0 Å². The molecule has 4 nitrogen and oxygen atoms in total. The number of alkyl halides is 4. The Kier molecular flexibility index (Phi) is 4.83. The molecular weight excluding hydrogens is 377 g/mol. The standard InChI is InChI=1S/C16H12ClF3N2O2S/c17-11-6-13-12(21-15(22-13)25-7-14(23)24)5-10(11)8-1-3-9(4-2-8)16(18,19)20/h1-6,10-11H,7H2,(H,21,22)(H,23,24). The molecule has 2 unspecified atom stereocenters. The summed E-state index contributed by atoms with van der Waals surface area (Å²) >= 11 is 7.40. The SMILES string of the molecule is O=C(O)CSc1nc2c([nH]1)=CC(Cl)C(c1ccc(C(F)(F)F)cc1)C=2. The van der Waals surface area contributed by atoms with Gasteiger partial charge >= 0.3 is 12.1 Å². The van der Waals surface area contributed by atoms with Crippen LogP contribution in [0, 0.1) is 0 Å². The number of aliphatic carboxylic acids is 1. The molecule has 1 aliphatic carbocycles. The van der Waals surface area contributed by atoms with Crippen molar-refractivity contribution in [2.75, 3.05) is 5.75 Å². The molecule has 1 heterocycles. The highest BCUT2D eigenvalue weighted by molar-refractivity contribution is 7.99. The molecule has 25 heavy (non-hydrogen) atoms. The van der Waals surface area contributed by atoms with Gasteiger partial charge in [-0.1, -0.05) is 23.9 Å². The Morgan fingerprint density at radius 3 is 2.56 bits per heavy atom. The lowest BCUT2D eigenvalue weighted by atomic mass is 9.91. The van der Waals surface area contributed by atoms with Crippen molar-refractivity contribution in [3.8, 4) is 0 Å². The summed E-state index contributed by atoms with van der Waals surface area (Å²) in [6, 6.07) is 4.87. The van der Waals surface area contributed by atoms with Crippen LogP contribution in [0.1, 0.15) is 17.0 Å². The molecule has 3 rings (SSSR count). The van der Waals surface area contributed by atoms with Gasteiger partial charge in [0.2, 0.25) is 0 Å². The molecule has 1 aromatic heterocycles. The minimum Gasteiger partial charge on any atom is -0.481 e. The number of benzene rings is 1. The van der Waals surface area contributed by atoms with Crippen LogP contribution in [0.25, 0.3) is 12.2 Å². The van der Waals surface area contributed by atoms with Crippen molar-refractivity contribution in [3.05, 3.63) is 46.1 Å². The fourth-order valence-electron chi connectivity index (χ4n) is 2.53. The Hall–Kier alpha value is -1.93. The second kappa shape index (κ2) is 6.76. The quantitative estimate of drug-likeness (QED) is 0.624. The smallest absolute Gasteiger partial charge is 0.416 e. The molecule has 0 radical (unpaired) electrons.